The number of carbonyl (C=O) groups excluding carboxylic acids is 1. The van der Waals surface area contributed by atoms with E-state index in [1.807, 2.05) is 13.8 Å². The first-order valence-electron chi connectivity index (χ1n) is 10.6. The lowest BCUT2D eigenvalue weighted by atomic mass is 9.56. The highest BCUT2D eigenvalue weighted by molar-refractivity contribution is 5.67. The van der Waals surface area contributed by atoms with Gasteiger partial charge in [-0.25, -0.2) is 4.79 Å². The van der Waals surface area contributed by atoms with Crippen LogP contribution in [0.2, 0.25) is 0 Å². The van der Waals surface area contributed by atoms with Crippen LogP contribution in [0.4, 0.5) is 4.79 Å². The molecule has 1 heterocycles. The average molecular weight is 386 g/mol. The molecule has 1 aromatic carbocycles. The summed E-state index contributed by atoms with van der Waals surface area (Å²) < 4.78 is 12.1. The van der Waals surface area contributed by atoms with Crippen LogP contribution in [0.5, 0.6) is 0 Å². The number of alkyl carbamates (subject to hydrolysis) is 1. The third-order valence-corrected chi connectivity index (χ3v) is 6.80. The summed E-state index contributed by atoms with van der Waals surface area (Å²) in [6.07, 6.45) is 4.31. The van der Waals surface area contributed by atoms with Crippen LogP contribution < -0.4 is 5.32 Å². The maximum Gasteiger partial charge on any atom is 0.407 e. The molecule has 0 spiro atoms. The molecule has 1 aliphatic carbocycles. The fraction of sp³-hybridized carbons (Fsp3) is 0.625. The van der Waals surface area contributed by atoms with E-state index >= 15 is 0 Å². The van der Waals surface area contributed by atoms with Crippen molar-refractivity contribution in [1.29, 1.82) is 0 Å². The van der Waals surface area contributed by atoms with Crippen LogP contribution in [0, 0.1) is 23.2 Å². The van der Waals surface area contributed by atoms with Crippen LogP contribution in [-0.2, 0) is 15.9 Å². The number of rotatable bonds is 6. The molecule has 28 heavy (non-hydrogen) atoms. The number of allylic oxidation sites excluding steroid dienone is 1. The van der Waals surface area contributed by atoms with Gasteiger partial charge in [-0.1, -0.05) is 55.8 Å². The summed E-state index contributed by atoms with van der Waals surface area (Å²) in [5.74, 6) is 1.11. The van der Waals surface area contributed by atoms with Gasteiger partial charge in [0.2, 0.25) is 0 Å². The summed E-state index contributed by atoms with van der Waals surface area (Å²) in [5.41, 5.74) is 2.62. The van der Waals surface area contributed by atoms with Gasteiger partial charge in [0.25, 0.3) is 0 Å². The topological polar surface area (TPSA) is 47.6 Å². The number of fused-ring (bicyclic) bond motifs is 2. The molecule has 0 radical (unpaired) electrons. The summed E-state index contributed by atoms with van der Waals surface area (Å²) >= 11 is 0. The smallest absolute Gasteiger partial charge is 0.407 e. The maximum atomic E-state index is 12.1. The number of ether oxygens (including phenoxy) is 2. The summed E-state index contributed by atoms with van der Waals surface area (Å²) in [7, 11) is 0. The minimum atomic E-state index is -0.335. The van der Waals surface area contributed by atoms with Crippen molar-refractivity contribution in [3.63, 3.8) is 0 Å². The number of benzene rings is 1. The van der Waals surface area contributed by atoms with Crippen LogP contribution in [0.25, 0.3) is 0 Å². The Morgan fingerprint density at radius 1 is 1.29 bits per heavy atom. The molecule has 2 bridgehead atoms. The van der Waals surface area contributed by atoms with E-state index in [1.54, 1.807) is 0 Å². The molecule has 5 atom stereocenters. The van der Waals surface area contributed by atoms with E-state index in [0.29, 0.717) is 31.0 Å². The summed E-state index contributed by atoms with van der Waals surface area (Å²) in [6, 6.07) is 10.7. The predicted molar refractivity (Wildman–Crippen MR) is 112 cm³/mol. The first-order valence-corrected chi connectivity index (χ1v) is 10.6. The first kappa shape index (κ1) is 20.9. The lowest BCUT2D eigenvalue weighted by Gasteiger charge is -2.55. The number of amides is 1. The van der Waals surface area contributed by atoms with E-state index in [0.717, 1.165) is 12.8 Å². The Morgan fingerprint density at radius 3 is 2.68 bits per heavy atom. The first-order chi connectivity index (χ1) is 13.3. The number of hydrogen-bond acceptors (Lipinski definition) is 3. The Kier molecular flexibility index (Phi) is 6.49. The van der Waals surface area contributed by atoms with E-state index in [1.165, 1.54) is 11.1 Å². The Labute approximate surface area is 169 Å². The van der Waals surface area contributed by atoms with E-state index < -0.39 is 0 Å². The molecule has 1 amide bonds. The number of carbonyl (C=O) groups is 1. The molecule has 0 saturated carbocycles. The minimum Gasteiger partial charge on any atom is -0.449 e. The van der Waals surface area contributed by atoms with Crippen molar-refractivity contribution in [2.75, 3.05) is 13.2 Å². The standard InChI is InChI=1S/C24H35NO3/c1-16(2)25-23(26)28-15-24-14-27-21(12-11-20-9-7-6-8-10-20)22(19(24)5)17(3)13-18(24)4/h6-10,13,16,18-19,21-22H,11-12,14-15H2,1-5H3,(H,25,26)/t18?,19-,21?,22?,24-/m0/s1. The highest BCUT2D eigenvalue weighted by atomic mass is 16.6. The second kappa shape index (κ2) is 8.69. The van der Waals surface area contributed by atoms with Crippen molar-refractivity contribution in [3.05, 3.63) is 47.5 Å². The van der Waals surface area contributed by atoms with Gasteiger partial charge >= 0.3 is 6.09 Å². The molecular weight excluding hydrogens is 350 g/mol. The number of aryl methyl sites for hydroxylation is 1. The van der Waals surface area contributed by atoms with Gasteiger partial charge in [-0.15, -0.1) is 0 Å². The highest BCUT2D eigenvalue weighted by Gasteiger charge is 2.54. The normalized spacial score (nSPS) is 32.0. The van der Waals surface area contributed by atoms with Crippen molar-refractivity contribution < 1.29 is 14.3 Å². The van der Waals surface area contributed by atoms with Crippen molar-refractivity contribution in [2.24, 2.45) is 23.2 Å². The summed E-state index contributed by atoms with van der Waals surface area (Å²) in [5, 5.41) is 2.82. The second-order valence-electron chi connectivity index (χ2n) is 9.00. The van der Waals surface area contributed by atoms with Crippen molar-refractivity contribution >= 4 is 6.09 Å². The molecule has 3 unspecified atom stereocenters. The zero-order chi connectivity index (χ0) is 20.3. The molecular formula is C24H35NO3. The van der Waals surface area contributed by atoms with Gasteiger partial charge in [0.05, 0.1) is 12.7 Å². The third kappa shape index (κ3) is 4.27. The van der Waals surface area contributed by atoms with Crippen LogP contribution in [0.1, 0.15) is 46.6 Å². The van der Waals surface area contributed by atoms with Crippen molar-refractivity contribution in [3.8, 4) is 0 Å². The van der Waals surface area contributed by atoms with Gasteiger partial charge in [0.15, 0.2) is 0 Å². The molecule has 4 nitrogen and oxygen atoms in total. The Balaban J connectivity index is 1.71. The van der Waals surface area contributed by atoms with Crippen molar-refractivity contribution in [1.82, 2.24) is 5.32 Å². The van der Waals surface area contributed by atoms with E-state index in [9.17, 15) is 4.79 Å². The zero-order valence-corrected chi connectivity index (χ0v) is 17.9. The highest BCUT2D eigenvalue weighted by Crippen LogP contribution is 2.53. The molecule has 1 aromatic rings. The Morgan fingerprint density at radius 2 is 2.00 bits per heavy atom. The summed E-state index contributed by atoms with van der Waals surface area (Å²) in [4.78, 5) is 12.1. The molecule has 1 N–H and O–H groups in total. The lowest BCUT2D eigenvalue weighted by molar-refractivity contribution is -0.164. The second-order valence-corrected chi connectivity index (χ2v) is 9.00. The van der Waals surface area contributed by atoms with Crippen molar-refractivity contribution in [2.45, 2.75) is 59.6 Å². The monoisotopic (exact) mass is 385 g/mol. The molecule has 2 aliphatic rings. The fourth-order valence-corrected chi connectivity index (χ4v) is 5.08. The molecule has 1 saturated heterocycles. The SMILES string of the molecule is CC1=CC(C)[C@@]2(COC(=O)NC(C)C)COC(CCc3ccccc3)C1[C@@H]2C. The Bertz CT molecular complexity index is 699. The lowest BCUT2D eigenvalue weighted by Crippen LogP contribution is -2.57. The van der Waals surface area contributed by atoms with E-state index in [4.69, 9.17) is 9.47 Å². The van der Waals surface area contributed by atoms with E-state index in [-0.39, 0.29) is 23.7 Å². The minimum absolute atomic E-state index is 0.0751. The quantitative estimate of drug-likeness (QED) is 0.702. The molecule has 0 aromatic heterocycles. The number of nitrogens with one attached hydrogen (secondary N) is 1. The maximum absolute atomic E-state index is 12.1. The van der Waals surface area contributed by atoms with Crippen LogP contribution in [0.3, 0.4) is 0 Å². The predicted octanol–water partition coefficient (Wildman–Crippen LogP) is 4.99. The van der Waals surface area contributed by atoms with Gasteiger partial charge in [-0.3, -0.25) is 0 Å². The van der Waals surface area contributed by atoms with Crippen LogP contribution in [-0.4, -0.2) is 31.5 Å². The van der Waals surface area contributed by atoms with Gasteiger partial charge in [0, 0.05) is 17.4 Å². The van der Waals surface area contributed by atoms with E-state index in [2.05, 4.69) is 62.5 Å². The third-order valence-electron chi connectivity index (χ3n) is 6.80. The summed E-state index contributed by atoms with van der Waals surface area (Å²) in [6.45, 7) is 11.7. The molecule has 3 rings (SSSR count). The fourth-order valence-electron chi connectivity index (χ4n) is 5.08. The van der Waals surface area contributed by atoms with Gasteiger partial charge < -0.3 is 14.8 Å². The Hall–Kier alpha value is -1.81. The van der Waals surface area contributed by atoms with Crippen LogP contribution in [0.15, 0.2) is 42.0 Å². The van der Waals surface area contributed by atoms with Gasteiger partial charge in [-0.2, -0.15) is 0 Å². The van der Waals surface area contributed by atoms with Gasteiger partial charge in [-0.05, 0) is 51.0 Å². The zero-order valence-electron chi connectivity index (χ0n) is 17.9. The average Bonchev–Trinajstić information content (AvgIpc) is 2.64. The number of hydrogen-bond donors (Lipinski definition) is 1. The molecule has 1 aliphatic heterocycles. The molecule has 154 valence electrons. The van der Waals surface area contributed by atoms with Gasteiger partial charge in [0.1, 0.15) is 6.61 Å². The van der Waals surface area contributed by atoms with Crippen LogP contribution >= 0.6 is 0 Å². The molecule has 4 heteroatoms. The largest absolute Gasteiger partial charge is 0.449 e. The molecule has 1 fully saturated rings.